The molecule has 1 fully saturated rings. The molecule has 0 saturated carbocycles. The highest BCUT2D eigenvalue weighted by molar-refractivity contribution is 5.68. The molecule has 2 heterocycles. The molecular weight excluding hydrogens is 325 g/mol. The van der Waals surface area contributed by atoms with Gasteiger partial charge in [0, 0.05) is 31.0 Å². The highest BCUT2D eigenvalue weighted by Crippen LogP contribution is 2.32. The molecule has 1 aliphatic rings. The highest BCUT2D eigenvalue weighted by atomic mass is 19.4. The van der Waals surface area contributed by atoms with Crippen molar-refractivity contribution in [3.63, 3.8) is 0 Å². The maximum absolute atomic E-state index is 13.3. The van der Waals surface area contributed by atoms with E-state index in [1.807, 2.05) is 0 Å². The minimum Gasteiger partial charge on any atom is -0.444 e. The van der Waals surface area contributed by atoms with E-state index in [-0.39, 0.29) is 32.0 Å². The Bertz CT molecular complexity index is 540. The van der Waals surface area contributed by atoms with E-state index >= 15 is 0 Å². The Morgan fingerprint density at radius 2 is 2.12 bits per heavy atom. The maximum Gasteiger partial charge on any atom is 0.407 e. The zero-order valence-corrected chi connectivity index (χ0v) is 14.0. The van der Waals surface area contributed by atoms with E-state index in [4.69, 9.17) is 4.74 Å². The van der Waals surface area contributed by atoms with Crippen molar-refractivity contribution >= 4 is 6.09 Å². The normalized spacial score (nSPS) is 23.1. The smallest absolute Gasteiger partial charge is 0.407 e. The first-order valence-electron chi connectivity index (χ1n) is 7.83. The van der Waals surface area contributed by atoms with Gasteiger partial charge in [-0.25, -0.2) is 4.79 Å². The molecule has 1 aliphatic heterocycles. The molecule has 1 aromatic rings. The second-order valence-corrected chi connectivity index (χ2v) is 6.99. The van der Waals surface area contributed by atoms with Crippen molar-refractivity contribution in [3.05, 3.63) is 18.0 Å². The van der Waals surface area contributed by atoms with Crippen molar-refractivity contribution in [2.45, 2.75) is 64.0 Å². The summed E-state index contributed by atoms with van der Waals surface area (Å²) in [5.41, 5.74) is -0.0507. The number of ether oxygens (including phenoxy) is 1. The van der Waals surface area contributed by atoms with Crippen LogP contribution in [0.25, 0.3) is 0 Å². The van der Waals surface area contributed by atoms with Crippen LogP contribution in [0, 0.1) is 0 Å². The van der Waals surface area contributed by atoms with E-state index in [1.54, 1.807) is 26.8 Å². The lowest BCUT2D eigenvalue weighted by molar-refractivity contribution is -0.194. The Kier molecular flexibility index (Phi) is 5.42. The summed E-state index contributed by atoms with van der Waals surface area (Å²) in [6.07, 6.45) is -3.24. The van der Waals surface area contributed by atoms with Crippen LogP contribution >= 0.6 is 0 Å². The summed E-state index contributed by atoms with van der Waals surface area (Å²) < 4.78 is 44.9. The quantitative estimate of drug-likeness (QED) is 0.881. The van der Waals surface area contributed by atoms with Crippen LogP contribution in [0.2, 0.25) is 0 Å². The van der Waals surface area contributed by atoms with Crippen LogP contribution in [0.15, 0.2) is 12.3 Å². The van der Waals surface area contributed by atoms with Crippen molar-refractivity contribution in [1.29, 1.82) is 0 Å². The third-order valence-electron chi connectivity index (χ3n) is 3.71. The van der Waals surface area contributed by atoms with Crippen LogP contribution in [0.4, 0.5) is 18.0 Å². The molecule has 9 heteroatoms. The SMILES string of the molecule is CC(C)(C)OC(=O)N[C@H]1CC[C@@H](C(F)(F)F)N(Cc2ccn[nH]2)C1. The van der Waals surface area contributed by atoms with E-state index in [9.17, 15) is 18.0 Å². The number of hydrogen-bond donors (Lipinski definition) is 2. The monoisotopic (exact) mass is 348 g/mol. The standard InChI is InChI=1S/C15H23F3N4O2/c1-14(2,3)24-13(23)20-10-4-5-12(15(16,17)18)22(8-10)9-11-6-7-19-21-11/h6-7,10,12H,4-5,8-9H2,1-3H3,(H,19,21)(H,20,23)/t10-,12-/m0/s1. The summed E-state index contributed by atoms with van der Waals surface area (Å²) in [5, 5.41) is 9.09. The van der Waals surface area contributed by atoms with Gasteiger partial charge in [-0.3, -0.25) is 10.00 Å². The molecule has 1 amide bonds. The fourth-order valence-corrected chi connectivity index (χ4v) is 2.77. The summed E-state index contributed by atoms with van der Waals surface area (Å²) in [5.74, 6) is 0. The minimum atomic E-state index is -4.31. The van der Waals surface area contributed by atoms with Crippen molar-refractivity contribution in [3.8, 4) is 0 Å². The van der Waals surface area contributed by atoms with Crippen LogP contribution in [0.3, 0.4) is 0 Å². The van der Waals surface area contributed by atoms with Gasteiger partial charge in [0.2, 0.25) is 0 Å². The van der Waals surface area contributed by atoms with E-state index in [0.717, 1.165) is 0 Å². The summed E-state index contributed by atoms with van der Waals surface area (Å²) in [7, 11) is 0. The molecule has 0 radical (unpaired) electrons. The second-order valence-electron chi connectivity index (χ2n) is 6.99. The number of nitrogens with one attached hydrogen (secondary N) is 2. The molecule has 1 aromatic heterocycles. The number of nitrogens with zero attached hydrogens (tertiary/aromatic N) is 2. The molecule has 0 bridgehead atoms. The number of hydrogen-bond acceptors (Lipinski definition) is 4. The number of H-pyrrole nitrogens is 1. The third-order valence-corrected chi connectivity index (χ3v) is 3.71. The maximum atomic E-state index is 13.3. The number of likely N-dealkylation sites (tertiary alicyclic amines) is 1. The molecular formula is C15H23F3N4O2. The fourth-order valence-electron chi connectivity index (χ4n) is 2.77. The fraction of sp³-hybridized carbons (Fsp3) is 0.733. The average Bonchev–Trinajstić information content (AvgIpc) is 2.87. The van der Waals surface area contributed by atoms with Gasteiger partial charge in [0.15, 0.2) is 0 Å². The number of piperidine rings is 1. The van der Waals surface area contributed by atoms with E-state index in [1.165, 1.54) is 11.1 Å². The van der Waals surface area contributed by atoms with Gasteiger partial charge >= 0.3 is 12.3 Å². The van der Waals surface area contributed by atoms with Crippen molar-refractivity contribution < 1.29 is 22.7 Å². The lowest BCUT2D eigenvalue weighted by Crippen LogP contribution is -2.56. The summed E-state index contributed by atoms with van der Waals surface area (Å²) in [4.78, 5) is 13.2. The number of alkyl halides is 3. The number of amides is 1. The van der Waals surface area contributed by atoms with Crippen LogP contribution in [-0.2, 0) is 11.3 Å². The molecule has 2 atom stereocenters. The Morgan fingerprint density at radius 1 is 1.42 bits per heavy atom. The lowest BCUT2D eigenvalue weighted by atomic mass is 9.97. The number of aromatic nitrogens is 2. The first-order chi connectivity index (χ1) is 11.0. The van der Waals surface area contributed by atoms with Crippen LogP contribution in [0.1, 0.15) is 39.3 Å². The number of aromatic amines is 1. The van der Waals surface area contributed by atoms with Crippen molar-refractivity contribution in [1.82, 2.24) is 20.4 Å². The molecule has 0 unspecified atom stereocenters. The molecule has 2 rings (SSSR count). The number of rotatable bonds is 3. The Morgan fingerprint density at radius 3 is 2.67 bits per heavy atom. The van der Waals surface area contributed by atoms with Crippen LogP contribution in [0.5, 0.6) is 0 Å². The molecule has 6 nitrogen and oxygen atoms in total. The highest BCUT2D eigenvalue weighted by Gasteiger charge is 2.46. The molecule has 1 saturated heterocycles. The molecule has 0 aliphatic carbocycles. The van der Waals surface area contributed by atoms with Gasteiger partial charge < -0.3 is 10.1 Å². The minimum absolute atomic E-state index is 0.0713. The third kappa shape index (κ3) is 5.40. The topological polar surface area (TPSA) is 70.2 Å². The largest absolute Gasteiger partial charge is 0.444 e. The predicted molar refractivity (Wildman–Crippen MR) is 81.2 cm³/mol. The summed E-state index contributed by atoms with van der Waals surface area (Å²) >= 11 is 0. The van der Waals surface area contributed by atoms with Gasteiger partial charge in [0.25, 0.3) is 0 Å². The first kappa shape index (κ1) is 18.6. The Labute approximate surface area is 138 Å². The second kappa shape index (κ2) is 7.00. The number of alkyl carbamates (subject to hydrolysis) is 1. The zero-order chi connectivity index (χ0) is 18.0. The van der Waals surface area contributed by atoms with E-state index in [0.29, 0.717) is 5.69 Å². The van der Waals surface area contributed by atoms with Gasteiger partial charge in [-0.1, -0.05) is 0 Å². The predicted octanol–water partition coefficient (Wildman–Crippen LogP) is 2.83. The van der Waals surface area contributed by atoms with Gasteiger partial charge in [-0.05, 0) is 39.7 Å². The summed E-state index contributed by atoms with van der Waals surface area (Å²) in [6, 6.07) is -0.280. The lowest BCUT2D eigenvalue weighted by Gasteiger charge is -2.40. The van der Waals surface area contributed by atoms with Gasteiger partial charge in [0.1, 0.15) is 11.6 Å². The molecule has 24 heavy (non-hydrogen) atoms. The van der Waals surface area contributed by atoms with Gasteiger partial charge in [0.05, 0.1) is 0 Å². The van der Waals surface area contributed by atoms with Crippen LogP contribution < -0.4 is 5.32 Å². The van der Waals surface area contributed by atoms with E-state index in [2.05, 4.69) is 15.5 Å². The average molecular weight is 348 g/mol. The molecule has 2 N–H and O–H groups in total. The van der Waals surface area contributed by atoms with Gasteiger partial charge in [-0.15, -0.1) is 0 Å². The number of halogens is 3. The molecule has 0 aromatic carbocycles. The number of carbonyl (C=O) groups is 1. The van der Waals surface area contributed by atoms with E-state index < -0.39 is 23.9 Å². The van der Waals surface area contributed by atoms with Crippen molar-refractivity contribution in [2.24, 2.45) is 0 Å². The number of carbonyl (C=O) groups excluding carboxylic acids is 1. The molecule has 136 valence electrons. The van der Waals surface area contributed by atoms with Crippen molar-refractivity contribution in [2.75, 3.05) is 6.54 Å². The van der Waals surface area contributed by atoms with Gasteiger partial charge in [-0.2, -0.15) is 18.3 Å². The zero-order valence-electron chi connectivity index (χ0n) is 14.0. The first-order valence-corrected chi connectivity index (χ1v) is 7.83. The van der Waals surface area contributed by atoms with Crippen LogP contribution in [-0.4, -0.2) is 51.6 Å². The Balaban J connectivity index is 2.01. The Hall–Kier alpha value is -1.77. The molecule has 0 spiro atoms. The summed E-state index contributed by atoms with van der Waals surface area (Å²) in [6.45, 7) is 5.39.